The molecule has 0 N–H and O–H groups in total. The molecule has 76 valence electrons. The maximum atomic E-state index is 12.2. The molecule has 0 bridgehead atoms. The van der Waals surface area contributed by atoms with Crippen molar-refractivity contribution >= 4 is 34.6 Å². The van der Waals surface area contributed by atoms with Crippen LogP contribution in [0.1, 0.15) is 0 Å². The van der Waals surface area contributed by atoms with Gasteiger partial charge in [-0.2, -0.15) is 0 Å². The van der Waals surface area contributed by atoms with Crippen LogP contribution in [-0.4, -0.2) is 18.7 Å². The quantitative estimate of drug-likeness (QED) is 0.339. The fourth-order valence-corrected chi connectivity index (χ4v) is 2.12. The number of hydrogen-bond donors (Lipinski definition) is 0. The SMILES string of the molecule is [O-][N+]1(CCl)CN(CCl)c2ccccc21. The van der Waals surface area contributed by atoms with E-state index in [0.717, 1.165) is 5.69 Å². The minimum absolute atomic E-state index is 0.0183. The number of halogens is 2. The van der Waals surface area contributed by atoms with E-state index in [1.807, 2.05) is 23.1 Å². The van der Waals surface area contributed by atoms with Crippen molar-refractivity contribution in [3.63, 3.8) is 0 Å². The van der Waals surface area contributed by atoms with Gasteiger partial charge in [0, 0.05) is 6.07 Å². The van der Waals surface area contributed by atoms with Crippen LogP contribution in [-0.2, 0) is 0 Å². The predicted octanol–water partition coefficient (Wildman–Crippen LogP) is 2.66. The van der Waals surface area contributed by atoms with Crippen LogP contribution < -0.4 is 9.55 Å². The molecule has 0 fully saturated rings. The zero-order chi connectivity index (χ0) is 10.2. The number of fused-ring (bicyclic) bond motifs is 1. The van der Waals surface area contributed by atoms with Gasteiger partial charge in [0.2, 0.25) is 0 Å². The maximum Gasteiger partial charge on any atom is 0.161 e. The molecule has 0 amide bonds. The third-order valence-electron chi connectivity index (χ3n) is 2.40. The van der Waals surface area contributed by atoms with Gasteiger partial charge in [0.15, 0.2) is 18.4 Å². The third kappa shape index (κ3) is 1.37. The summed E-state index contributed by atoms with van der Waals surface area (Å²) in [6, 6.07) is 7.76. The first kappa shape index (κ1) is 10.1. The zero-order valence-corrected chi connectivity index (χ0v) is 9.00. The Balaban J connectivity index is 2.48. The number of benzene rings is 1. The standard InChI is InChI=1S/C9H10Cl2N2O/c10-5-12-7-13(14,6-11)9-4-2-1-3-8(9)12/h1-4H,5-7H2. The molecule has 0 aliphatic carbocycles. The molecule has 1 aliphatic heterocycles. The Kier molecular flexibility index (Phi) is 2.58. The highest BCUT2D eigenvalue weighted by atomic mass is 35.5. The van der Waals surface area contributed by atoms with E-state index in [4.69, 9.17) is 23.2 Å². The smallest absolute Gasteiger partial charge is 0.161 e. The van der Waals surface area contributed by atoms with E-state index in [-0.39, 0.29) is 6.00 Å². The molecule has 1 atom stereocenters. The highest BCUT2D eigenvalue weighted by Crippen LogP contribution is 2.40. The first-order valence-corrected chi connectivity index (χ1v) is 5.33. The molecule has 0 spiro atoms. The first-order valence-electron chi connectivity index (χ1n) is 4.26. The zero-order valence-electron chi connectivity index (χ0n) is 7.49. The molecule has 1 heterocycles. The van der Waals surface area contributed by atoms with Crippen LogP contribution in [0.15, 0.2) is 24.3 Å². The summed E-state index contributed by atoms with van der Waals surface area (Å²) in [6.07, 6.45) is 0. The molecule has 0 saturated heterocycles. The number of nitrogens with zero attached hydrogens (tertiary/aromatic N) is 2. The van der Waals surface area contributed by atoms with E-state index >= 15 is 0 Å². The molecule has 0 aromatic heterocycles. The van der Waals surface area contributed by atoms with Crippen molar-refractivity contribution in [1.82, 2.24) is 4.65 Å². The minimum Gasteiger partial charge on any atom is -0.625 e. The van der Waals surface area contributed by atoms with Gasteiger partial charge in [0.1, 0.15) is 5.69 Å². The van der Waals surface area contributed by atoms with E-state index < -0.39 is 4.65 Å². The summed E-state index contributed by atoms with van der Waals surface area (Å²) in [5.41, 5.74) is 1.58. The van der Waals surface area contributed by atoms with Crippen molar-refractivity contribution in [2.75, 3.05) is 23.6 Å². The van der Waals surface area contributed by atoms with Gasteiger partial charge >= 0.3 is 0 Å². The van der Waals surface area contributed by atoms with E-state index in [2.05, 4.69) is 0 Å². The van der Waals surface area contributed by atoms with Crippen molar-refractivity contribution in [1.29, 1.82) is 0 Å². The van der Waals surface area contributed by atoms with Crippen LogP contribution in [0.3, 0.4) is 0 Å². The molecule has 1 unspecified atom stereocenters. The second-order valence-electron chi connectivity index (χ2n) is 3.30. The summed E-state index contributed by atoms with van der Waals surface area (Å²) in [4.78, 5) is 1.83. The van der Waals surface area contributed by atoms with Gasteiger partial charge in [-0.05, 0) is 6.07 Å². The molecule has 14 heavy (non-hydrogen) atoms. The first-order chi connectivity index (χ1) is 6.71. The number of rotatable bonds is 2. The average Bonchev–Trinajstić information content (AvgIpc) is 2.54. The van der Waals surface area contributed by atoms with Gasteiger partial charge < -0.3 is 10.1 Å². The molecule has 0 radical (unpaired) electrons. The van der Waals surface area contributed by atoms with Gasteiger partial charge in [-0.25, -0.2) is 0 Å². The Morgan fingerprint density at radius 1 is 1.36 bits per heavy atom. The summed E-state index contributed by atoms with van der Waals surface area (Å²) in [7, 11) is 0. The van der Waals surface area contributed by atoms with Crippen molar-refractivity contribution in [2.45, 2.75) is 0 Å². The average molecular weight is 233 g/mol. The Morgan fingerprint density at radius 3 is 2.71 bits per heavy atom. The number of hydroxylamine groups is 2. The lowest BCUT2D eigenvalue weighted by molar-refractivity contribution is 0.455. The number of hydrogen-bond acceptors (Lipinski definition) is 2. The summed E-state index contributed by atoms with van der Waals surface area (Å²) in [5, 5.41) is 12.2. The highest BCUT2D eigenvalue weighted by molar-refractivity contribution is 6.20. The predicted molar refractivity (Wildman–Crippen MR) is 60.4 cm³/mol. The van der Waals surface area contributed by atoms with Crippen LogP contribution in [0.4, 0.5) is 11.4 Å². The van der Waals surface area contributed by atoms with Crippen molar-refractivity contribution in [3.05, 3.63) is 29.5 Å². The minimum atomic E-state index is -0.523. The van der Waals surface area contributed by atoms with E-state index in [1.165, 1.54) is 0 Å². The fraction of sp³-hybridized carbons (Fsp3) is 0.333. The lowest BCUT2D eigenvalue weighted by atomic mass is 10.2. The number of para-hydroxylation sites is 2. The van der Waals surface area contributed by atoms with Gasteiger partial charge in [-0.3, -0.25) is 4.65 Å². The van der Waals surface area contributed by atoms with Gasteiger partial charge in [-0.1, -0.05) is 23.7 Å². The summed E-state index contributed by atoms with van der Waals surface area (Å²) in [5.74, 6) is 0. The fourth-order valence-electron chi connectivity index (χ4n) is 1.71. The lowest BCUT2D eigenvalue weighted by Gasteiger charge is -2.35. The van der Waals surface area contributed by atoms with Crippen LogP contribution >= 0.6 is 23.2 Å². The molecule has 5 heteroatoms. The second kappa shape index (κ2) is 3.59. The maximum absolute atomic E-state index is 12.2. The molecule has 1 aromatic rings. The molecular formula is C9H10Cl2N2O. The Labute approximate surface area is 92.6 Å². The number of anilines is 1. The molecule has 3 nitrogen and oxygen atoms in total. The Hall–Kier alpha value is -0.480. The second-order valence-corrected chi connectivity index (χ2v) is 3.78. The summed E-state index contributed by atoms with van der Waals surface area (Å²) in [6.45, 7) is 0.298. The highest BCUT2D eigenvalue weighted by Gasteiger charge is 2.34. The molecule has 1 aliphatic rings. The van der Waals surface area contributed by atoms with E-state index in [1.54, 1.807) is 6.07 Å². The molecular weight excluding hydrogens is 223 g/mol. The van der Waals surface area contributed by atoms with Crippen molar-refractivity contribution in [3.8, 4) is 0 Å². The lowest BCUT2D eigenvalue weighted by Crippen LogP contribution is -2.44. The van der Waals surface area contributed by atoms with Crippen molar-refractivity contribution < 1.29 is 0 Å². The van der Waals surface area contributed by atoms with Crippen molar-refractivity contribution in [2.24, 2.45) is 0 Å². The van der Waals surface area contributed by atoms with E-state index in [9.17, 15) is 5.21 Å². The third-order valence-corrected chi connectivity index (χ3v) is 3.07. The van der Waals surface area contributed by atoms with Gasteiger partial charge in [-0.15, -0.1) is 11.6 Å². The Morgan fingerprint density at radius 2 is 2.07 bits per heavy atom. The molecule has 1 aromatic carbocycles. The monoisotopic (exact) mass is 232 g/mol. The topological polar surface area (TPSA) is 26.3 Å². The molecule has 0 saturated carbocycles. The van der Waals surface area contributed by atoms with Crippen LogP contribution in [0.25, 0.3) is 0 Å². The summed E-state index contributed by atoms with van der Waals surface area (Å²) >= 11 is 11.4. The number of alkyl halides is 2. The van der Waals surface area contributed by atoms with Gasteiger partial charge in [0.25, 0.3) is 0 Å². The van der Waals surface area contributed by atoms with Gasteiger partial charge in [0.05, 0.1) is 6.00 Å². The van der Waals surface area contributed by atoms with E-state index in [0.29, 0.717) is 18.4 Å². The largest absolute Gasteiger partial charge is 0.625 e. The number of quaternary nitrogens is 1. The van der Waals surface area contributed by atoms with Crippen LogP contribution in [0.5, 0.6) is 0 Å². The van der Waals surface area contributed by atoms with Crippen LogP contribution in [0, 0.1) is 5.21 Å². The Bertz CT molecular complexity index is 347. The normalized spacial score (nSPS) is 25.2. The van der Waals surface area contributed by atoms with Crippen LogP contribution in [0.2, 0.25) is 0 Å². The molecule has 2 rings (SSSR count). The summed E-state index contributed by atoms with van der Waals surface area (Å²) < 4.78 is -0.523.